The number of nitrogens with zero attached hydrogens (tertiary/aromatic N) is 1. The minimum atomic E-state index is -2.85. The highest BCUT2D eigenvalue weighted by Crippen LogP contribution is 2.22. The Bertz CT molecular complexity index is 341. The number of carboxylic acids is 1. The van der Waals surface area contributed by atoms with Gasteiger partial charge in [0.25, 0.3) is 6.43 Å². The predicted octanol–water partition coefficient (Wildman–Crippen LogP) is 1.42. The molecule has 1 heterocycles. The summed E-state index contributed by atoms with van der Waals surface area (Å²) in [4.78, 5) is 13.5. The van der Waals surface area contributed by atoms with E-state index in [2.05, 4.69) is 4.98 Å². The number of carboxylic acid groups (broad SMARTS) is 1. The molecule has 0 unspecified atom stereocenters. The van der Waals surface area contributed by atoms with Gasteiger partial charge in [-0.3, -0.25) is 4.98 Å². The zero-order valence-corrected chi connectivity index (χ0v) is 6.24. The first-order chi connectivity index (χ1) is 6.02. The number of aromatic nitrogens is 1. The van der Waals surface area contributed by atoms with Crippen LogP contribution in [0.25, 0.3) is 0 Å². The fourth-order valence-corrected chi connectivity index (χ4v) is 0.755. The minimum Gasteiger partial charge on any atom is -0.505 e. The Labute approximate surface area is 71.5 Å². The van der Waals surface area contributed by atoms with E-state index in [9.17, 15) is 13.6 Å². The summed E-state index contributed by atoms with van der Waals surface area (Å²) in [6.45, 7) is 0. The van der Waals surface area contributed by atoms with E-state index >= 15 is 0 Å². The Kier molecular flexibility index (Phi) is 2.41. The van der Waals surface area contributed by atoms with Crippen molar-refractivity contribution in [3.63, 3.8) is 0 Å². The first kappa shape index (κ1) is 9.37. The zero-order valence-electron chi connectivity index (χ0n) is 6.24. The molecule has 4 nitrogen and oxygen atoms in total. The van der Waals surface area contributed by atoms with E-state index in [1.807, 2.05) is 0 Å². The zero-order chi connectivity index (χ0) is 10.0. The maximum absolute atomic E-state index is 12.0. The largest absolute Gasteiger partial charge is 0.505 e. The lowest BCUT2D eigenvalue weighted by atomic mass is 10.2. The molecule has 0 amide bonds. The highest BCUT2D eigenvalue weighted by Gasteiger charge is 2.15. The van der Waals surface area contributed by atoms with E-state index in [0.717, 1.165) is 0 Å². The standard InChI is InChI=1S/C7H5F2NO3/c8-6(9)4-1-3(7(12)13)5(11)2-10-4/h1-2,6,11H,(H,12,13). The molecule has 0 fully saturated rings. The summed E-state index contributed by atoms with van der Waals surface area (Å²) in [5.74, 6) is -2.10. The summed E-state index contributed by atoms with van der Waals surface area (Å²) >= 11 is 0. The smallest absolute Gasteiger partial charge is 0.339 e. The summed E-state index contributed by atoms with van der Waals surface area (Å²) in [6.07, 6.45) is -2.16. The van der Waals surface area contributed by atoms with Crippen LogP contribution in [0.1, 0.15) is 22.5 Å². The Morgan fingerprint density at radius 1 is 1.54 bits per heavy atom. The number of carbonyl (C=O) groups is 1. The molecule has 0 saturated carbocycles. The van der Waals surface area contributed by atoms with Crippen molar-refractivity contribution in [1.82, 2.24) is 4.98 Å². The van der Waals surface area contributed by atoms with E-state index in [1.54, 1.807) is 0 Å². The molecule has 1 aromatic heterocycles. The van der Waals surface area contributed by atoms with E-state index in [0.29, 0.717) is 12.3 Å². The lowest BCUT2D eigenvalue weighted by molar-refractivity contribution is 0.0693. The molecule has 0 aliphatic rings. The molecule has 2 N–H and O–H groups in total. The molecule has 0 aliphatic carbocycles. The average Bonchev–Trinajstić information content (AvgIpc) is 2.04. The van der Waals surface area contributed by atoms with Crippen molar-refractivity contribution in [1.29, 1.82) is 0 Å². The Morgan fingerprint density at radius 2 is 2.15 bits per heavy atom. The number of hydrogen-bond donors (Lipinski definition) is 2. The Hall–Kier alpha value is -1.72. The van der Waals surface area contributed by atoms with Crippen molar-refractivity contribution < 1.29 is 23.8 Å². The van der Waals surface area contributed by atoms with Crippen LogP contribution in [0.3, 0.4) is 0 Å². The van der Waals surface area contributed by atoms with E-state index in [-0.39, 0.29) is 0 Å². The van der Waals surface area contributed by atoms with Gasteiger partial charge in [-0.2, -0.15) is 0 Å². The van der Waals surface area contributed by atoms with Gasteiger partial charge in [-0.1, -0.05) is 0 Å². The van der Waals surface area contributed by atoms with Crippen LogP contribution in [0.4, 0.5) is 8.78 Å². The van der Waals surface area contributed by atoms with Crippen LogP contribution in [-0.2, 0) is 0 Å². The van der Waals surface area contributed by atoms with Gasteiger partial charge in [0.2, 0.25) is 0 Å². The molecule has 0 saturated heterocycles. The third-order valence-electron chi connectivity index (χ3n) is 1.36. The maximum Gasteiger partial charge on any atom is 0.339 e. The Morgan fingerprint density at radius 3 is 2.62 bits per heavy atom. The lowest BCUT2D eigenvalue weighted by Gasteiger charge is -2.01. The molecule has 0 radical (unpaired) electrons. The fraction of sp³-hybridized carbons (Fsp3) is 0.143. The number of alkyl halides is 2. The minimum absolute atomic E-state index is 0.578. The van der Waals surface area contributed by atoms with Crippen LogP contribution < -0.4 is 0 Å². The first-order valence-corrected chi connectivity index (χ1v) is 3.22. The molecular weight excluding hydrogens is 184 g/mol. The van der Waals surface area contributed by atoms with Crippen molar-refractivity contribution in [2.24, 2.45) is 0 Å². The van der Waals surface area contributed by atoms with Gasteiger partial charge in [-0.25, -0.2) is 13.6 Å². The van der Waals surface area contributed by atoms with Crippen LogP contribution in [0.5, 0.6) is 5.75 Å². The summed E-state index contributed by atoms with van der Waals surface area (Å²) in [6, 6.07) is 0.641. The highest BCUT2D eigenvalue weighted by molar-refractivity contribution is 5.90. The van der Waals surface area contributed by atoms with Crippen LogP contribution in [0.2, 0.25) is 0 Å². The van der Waals surface area contributed by atoms with E-state index in [4.69, 9.17) is 10.2 Å². The summed E-state index contributed by atoms with van der Waals surface area (Å²) in [5.41, 5.74) is -1.25. The molecule has 0 bridgehead atoms. The average molecular weight is 189 g/mol. The molecule has 1 aromatic rings. The number of hydrogen-bond acceptors (Lipinski definition) is 3. The summed E-state index contributed by atoms with van der Waals surface area (Å²) in [7, 11) is 0. The van der Waals surface area contributed by atoms with Crippen LogP contribution in [0.15, 0.2) is 12.3 Å². The van der Waals surface area contributed by atoms with E-state index in [1.165, 1.54) is 0 Å². The lowest BCUT2D eigenvalue weighted by Crippen LogP contribution is -2.00. The monoisotopic (exact) mass is 189 g/mol. The van der Waals surface area contributed by atoms with Gasteiger partial charge in [-0.05, 0) is 6.07 Å². The predicted molar refractivity (Wildman–Crippen MR) is 37.8 cm³/mol. The highest BCUT2D eigenvalue weighted by atomic mass is 19.3. The summed E-state index contributed by atoms with van der Waals surface area (Å²) < 4.78 is 24.0. The molecule has 0 aliphatic heterocycles. The molecule has 0 spiro atoms. The van der Waals surface area contributed by atoms with Gasteiger partial charge in [0.1, 0.15) is 17.0 Å². The van der Waals surface area contributed by atoms with Crippen LogP contribution in [-0.4, -0.2) is 21.2 Å². The number of rotatable bonds is 2. The van der Waals surface area contributed by atoms with Crippen molar-refractivity contribution in [3.05, 3.63) is 23.5 Å². The summed E-state index contributed by atoms with van der Waals surface area (Å²) in [5, 5.41) is 17.3. The molecule has 0 atom stereocenters. The normalized spacial score (nSPS) is 10.4. The van der Waals surface area contributed by atoms with Gasteiger partial charge in [0.15, 0.2) is 0 Å². The molecule has 0 aromatic carbocycles. The second-order valence-corrected chi connectivity index (χ2v) is 2.23. The van der Waals surface area contributed by atoms with Gasteiger partial charge in [-0.15, -0.1) is 0 Å². The molecule has 6 heteroatoms. The second-order valence-electron chi connectivity index (χ2n) is 2.23. The molecular formula is C7H5F2NO3. The van der Waals surface area contributed by atoms with Crippen molar-refractivity contribution in [2.75, 3.05) is 0 Å². The van der Waals surface area contributed by atoms with Crippen molar-refractivity contribution >= 4 is 5.97 Å². The number of pyridine rings is 1. The third kappa shape index (κ3) is 1.90. The first-order valence-electron chi connectivity index (χ1n) is 3.22. The topological polar surface area (TPSA) is 70.4 Å². The molecule has 13 heavy (non-hydrogen) atoms. The van der Waals surface area contributed by atoms with Crippen LogP contribution >= 0.6 is 0 Å². The second kappa shape index (κ2) is 3.34. The number of aromatic carboxylic acids is 1. The quantitative estimate of drug-likeness (QED) is 0.738. The van der Waals surface area contributed by atoms with E-state index < -0.39 is 29.4 Å². The van der Waals surface area contributed by atoms with Crippen molar-refractivity contribution in [2.45, 2.75) is 6.43 Å². The SMILES string of the molecule is O=C(O)c1cc(C(F)F)ncc1O. The molecule has 1 rings (SSSR count). The van der Waals surface area contributed by atoms with Gasteiger partial charge in [0, 0.05) is 0 Å². The van der Waals surface area contributed by atoms with Gasteiger partial charge in [0.05, 0.1) is 6.20 Å². The maximum atomic E-state index is 12.0. The van der Waals surface area contributed by atoms with Gasteiger partial charge >= 0.3 is 5.97 Å². The molecule has 70 valence electrons. The third-order valence-corrected chi connectivity index (χ3v) is 1.36. The van der Waals surface area contributed by atoms with Gasteiger partial charge < -0.3 is 10.2 Å². The van der Waals surface area contributed by atoms with Crippen molar-refractivity contribution in [3.8, 4) is 5.75 Å². The Balaban J connectivity index is 3.19. The fourth-order valence-electron chi connectivity index (χ4n) is 0.755. The number of aromatic hydroxyl groups is 1. The number of halogens is 2. The van der Waals surface area contributed by atoms with Crippen LogP contribution in [0, 0.1) is 0 Å².